The molecule has 2 N–H and O–H groups in total. The Morgan fingerprint density at radius 2 is 1.86 bits per heavy atom. The second kappa shape index (κ2) is 3.58. The van der Waals surface area contributed by atoms with Gasteiger partial charge in [-0.3, -0.25) is 0 Å². The summed E-state index contributed by atoms with van der Waals surface area (Å²) in [5, 5.41) is 2.13. The van der Waals surface area contributed by atoms with E-state index in [0.29, 0.717) is 6.61 Å². The Morgan fingerprint density at radius 1 is 1.14 bits per heavy atom. The van der Waals surface area contributed by atoms with Gasteiger partial charge in [0.15, 0.2) is 0 Å². The highest BCUT2D eigenvalue weighted by atomic mass is 16.5. The first-order chi connectivity index (χ1) is 6.83. The molecule has 0 saturated carbocycles. The van der Waals surface area contributed by atoms with Gasteiger partial charge in [0.25, 0.3) is 0 Å². The number of nitrogen functional groups attached to an aromatic ring is 1. The van der Waals surface area contributed by atoms with Crippen molar-refractivity contribution >= 4 is 16.5 Å². The highest BCUT2D eigenvalue weighted by molar-refractivity contribution is 5.97. The van der Waals surface area contributed by atoms with Crippen LogP contribution < -0.4 is 10.5 Å². The van der Waals surface area contributed by atoms with Crippen molar-refractivity contribution in [3.05, 3.63) is 36.4 Å². The van der Waals surface area contributed by atoms with Gasteiger partial charge in [0.2, 0.25) is 0 Å². The van der Waals surface area contributed by atoms with Crippen LogP contribution in [0.2, 0.25) is 0 Å². The molecule has 0 saturated heterocycles. The topological polar surface area (TPSA) is 35.2 Å². The zero-order chi connectivity index (χ0) is 9.97. The lowest BCUT2D eigenvalue weighted by molar-refractivity contribution is 0.344. The van der Waals surface area contributed by atoms with E-state index in [1.54, 1.807) is 0 Å². The first-order valence-corrected chi connectivity index (χ1v) is 4.73. The zero-order valence-corrected chi connectivity index (χ0v) is 8.16. The fourth-order valence-electron chi connectivity index (χ4n) is 1.61. The standard InChI is InChI=1S/C12H13NO/c1-2-14-11-8-4-6-9-5-3-7-10(13)12(9)11/h3-8H,2,13H2,1H3. The smallest absolute Gasteiger partial charge is 0.129 e. The third-order valence-corrected chi connectivity index (χ3v) is 2.20. The lowest BCUT2D eigenvalue weighted by Gasteiger charge is -2.08. The summed E-state index contributed by atoms with van der Waals surface area (Å²) >= 11 is 0. The summed E-state index contributed by atoms with van der Waals surface area (Å²) in [6.45, 7) is 2.63. The summed E-state index contributed by atoms with van der Waals surface area (Å²) in [4.78, 5) is 0. The number of rotatable bonds is 2. The van der Waals surface area contributed by atoms with Gasteiger partial charge in [-0.25, -0.2) is 0 Å². The minimum Gasteiger partial charge on any atom is -0.493 e. The molecule has 0 unspecified atom stereocenters. The van der Waals surface area contributed by atoms with Gasteiger partial charge in [-0.2, -0.15) is 0 Å². The quantitative estimate of drug-likeness (QED) is 0.734. The molecule has 0 aliphatic carbocycles. The lowest BCUT2D eigenvalue weighted by atomic mass is 10.1. The normalized spacial score (nSPS) is 10.4. The van der Waals surface area contributed by atoms with Crippen molar-refractivity contribution in [2.24, 2.45) is 0 Å². The van der Waals surface area contributed by atoms with Gasteiger partial charge in [-0.1, -0.05) is 24.3 Å². The molecule has 0 spiro atoms. The molecule has 0 bridgehead atoms. The van der Waals surface area contributed by atoms with E-state index in [4.69, 9.17) is 10.5 Å². The number of hydrogen-bond donors (Lipinski definition) is 1. The number of benzene rings is 2. The Balaban J connectivity index is 2.71. The molecule has 0 fully saturated rings. The summed E-state index contributed by atoms with van der Waals surface area (Å²) < 4.78 is 5.52. The molecule has 2 aromatic rings. The molecule has 2 rings (SSSR count). The van der Waals surface area contributed by atoms with E-state index < -0.39 is 0 Å². The molecule has 0 radical (unpaired) electrons. The number of ether oxygens (including phenoxy) is 1. The van der Waals surface area contributed by atoms with Crippen molar-refractivity contribution in [3.8, 4) is 5.75 Å². The third-order valence-electron chi connectivity index (χ3n) is 2.20. The number of hydrogen-bond acceptors (Lipinski definition) is 2. The van der Waals surface area contributed by atoms with Crippen LogP contribution in [0.4, 0.5) is 5.69 Å². The molecule has 2 heteroatoms. The fourth-order valence-corrected chi connectivity index (χ4v) is 1.61. The van der Waals surface area contributed by atoms with Gasteiger partial charge in [0.05, 0.1) is 6.61 Å². The second-order valence-electron chi connectivity index (χ2n) is 3.13. The molecule has 0 atom stereocenters. The maximum Gasteiger partial charge on any atom is 0.129 e. The van der Waals surface area contributed by atoms with Crippen molar-refractivity contribution in [1.29, 1.82) is 0 Å². The minimum atomic E-state index is 0.660. The van der Waals surface area contributed by atoms with Gasteiger partial charge in [-0.15, -0.1) is 0 Å². The van der Waals surface area contributed by atoms with Crippen molar-refractivity contribution in [2.75, 3.05) is 12.3 Å². The predicted octanol–water partition coefficient (Wildman–Crippen LogP) is 2.82. The highest BCUT2D eigenvalue weighted by Crippen LogP contribution is 2.30. The third kappa shape index (κ3) is 1.39. The van der Waals surface area contributed by atoms with Gasteiger partial charge in [-0.05, 0) is 24.4 Å². The largest absolute Gasteiger partial charge is 0.493 e. The van der Waals surface area contributed by atoms with Crippen LogP contribution in [-0.2, 0) is 0 Å². The summed E-state index contributed by atoms with van der Waals surface area (Å²) in [5.41, 5.74) is 6.68. The van der Waals surface area contributed by atoms with E-state index in [-0.39, 0.29) is 0 Å². The van der Waals surface area contributed by atoms with E-state index in [1.165, 1.54) is 0 Å². The SMILES string of the molecule is CCOc1cccc2cccc(N)c12. The Bertz CT molecular complexity index is 446. The molecule has 2 aromatic carbocycles. The van der Waals surface area contributed by atoms with Gasteiger partial charge in [0.1, 0.15) is 5.75 Å². The maximum atomic E-state index is 5.91. The Hall–Kier alpha value is -1.70. The number of anilines is 1. The summed E-state index contributed by atoms with van der Waals surface area (Å²) in [6, 6.07) is 11.8. The van der Waals surface area contributed by atoms with Gasteiger partial charge in [0, 0.05) is 11.1 Å². The molecule has 0 heterocycles. The van der Waals surface area contributed by atoms with Crippen LogP contribution in [0.15, 0.2) is 36.4 Å². The van der Waals surface area contributed by atoms with Crippen molar-refractivity contribution < 1.29 is 4.74 Å². The van der Waals surface area contributed by atoms with Crippen molar-refractivity contribution in [1.82, 2.24) is 0 Å². The second-order valence-corrected chi connectivity index (χ2v) is 3.13. The van der Waals surface area contributed by atoms with Crippen LogP contribution in [0.3, 0.4) is 0 Å². The first kappa shape index (κ1) is 8.88. The Morgan fingerprint density at radius 3 is 2.57 bits per heavy atom. The van der Waals surface area contributed by atoms with Crippen LogP contribution in [0.1, 0.15) is 6.92 Å². The molecule has 0 amide bonds. The van der Waals surface area contributed by atoms with E-state index in [2.05, 4.69) is 0 Å². The zero-order valence-electron chi connectivity index (χ0n) is 8.16. The van der Waals surface area contributed by atoms with E-state index in [1.807, 2.05) is 43.3 Å². The summed E-state index contributed by atoms with van der Waals surface area (Å²) in [7, 11) is 0. The molecule has 14 heavy (non-hydrogen) atoms. The van der Waals surface area contributed by atoms with Crippen LogP contribution in [0.5, 0.6) is 5.75 Å². The van der Waals surface area contributed by atoms with Crippen LogP contribution in [0, 0.1) is 0 Å². The molecule has 0 aliphatic rings. The average molecular weight is 187 g/mol. The van der Waals surface area contributed by atoms with Crippen LogP contribution >= 0.6 is 0 Å². The fraction of sp³-hybridized carbons (Fsp3) is 0.167. The van der Waals surface area contributed by atoms with Gasteiger partial charge >= 0.3 is 0 Å². The maximum absolute atomic E-state index is 5.91. The number of nitrogens with two attached hydrogens (primary N) is 1. The molecular weight excluding hydrogens is 174 g/mol. The van der Waals surface area contributed by atoms with Gasteiger partial charge < -0.3 is 10.5 Å². The van der Waals surface area contributed by atoms with E-state index in [0.717, 1.165) is 22.2 Å². The van der Waals surface area contributed by atoms with Crippen LogP contribution in [-0.4, -0.2) is 6.61 Å². The summed E-state index contributed by atoms with van der Waals surface area (Å²) in [5.74, 6) is 0.864. The molecule has 0 aliphatic heterocycles. The number of fused-ring (bicyclic) bond motifs is 1. The van der Waals surface area contributed by atoms with E-state index >= 15 is 0 Å². The summed E-state index contributed by atoms with van der Waals surface area (Å²) in [6.07, 6.45) is 0. The monoisotopic (exact) mass is 187 g/mol. The molecule has 72 valence electrons. The highest BCUT2D eigenvalue weighted by Gasteiger charge is 2.03. The first-order valence-electron chi connectivity index (χ1n) is 4.73. The van der Waals surface area contributed by atoms with Crippen molar-refractivity contribution in [3.63, 3.8) is 0 Å². The van der Waals surface area contributed by atoms with E-state index in [9.17, 15) is 0 Å². The van der Waals surface area contributed by atoms with Crippen molar-refractivity contribution in [2.45, 2.75) is 6.92 Å². The Labute approximate surface area is 83.3 Å². The molecule has 0 aromatic heterocycles. The lowest BCUT2D eigenvalue weighted by Crippen LogP contribution is -1.94. The predicted molar refractivity (Wildman–Crippen MR) is 59.5 cm³/mol. The molecule has 2 nitrogen and oxygen atoms in total. The minimum absolute atomic E-state index is 0.660. The molecular formula is C12H13NO. The van der Waals surface area contributed by atoms with Crippen LogP contribution in [0.25, 0.3) is 10.8 Å². The Kier molecular flexibility index (Phi) is 2.27. The average Bonchev–Trinajstić information content (AvgIpc) is 2.19.